The lowest BCUT2D eigenvalue weighted by Gasteiger charge is -2.41. The lowest BCUT2D eigenvalue weighted by Crippen LogP contribution is -2.58. The van der Waals surface area contributed by atoms with Crippen LogP contribution in [-0.2, 0) is 7.05 Å². The van der Waals surface area contributed by atoms with Crippen LogP contribution in [0.1, 0.15) is 23.6 Å². The molecule has 0 bridgehead atoms. The number of hydrogen-bond donors (Lipinski definition) is 0. The average Bonchev–Trinajstić information content (AvgIpc) is 3.43. The third-order valence-electron chi connectivity index (χ3n) is 6.35. The number of pyridine rings is 1. The van der Waals surface area contributed by atoms with Crippen LogP contribution in [0.25, 0.3) is 11.4 Å². The van der Waals surface area contributed by atoms with Gasteiger partial charge >= 0.3 is 6.03 Å². The molecule has 2 aliphatic heterocycles. The predicted octanol–water partition coefficient (Wildman–Crippen LogP) is 3.75. The first-order chi connectivity index (χ1) is 17.2. The number of halogens is 2. The number of ether oxygens (including phenoxy) is 1. The minimum Gasteiger partial charge on any atom is -0.486 e. The Morgan fingerprint density at radius 2 is 1.83 bits per heavy atom. The molecule has 2 aromatic heterocycles. The van der Waals surface area contributed by atoms with Crippen LogP contribution in [0.3, 0.4) is 0 Å². The number of likely N-dealkylation sites (tertiary alicyclic amines) is 1. The standard InChI is InChI=1S/C25H27F2N7O2/c1-15-12-28-20(22-11-24(31(2)3)30-32(22)4)10-23(15)36-19-13-33(14-19)25(35)34-21(5-6-29-34)16-7-17(26)9-18(27)8-16/h6-12,19,21H,5,13-14H2,1-4H3/t21-/m0/s1. The van der Waals surface area contributed by atoms with E-state index in [0.29, 0.717) is 30.8 Å². The van der Waals surface area contributed by atoms with Crippen molar-refractivity contribution in [3.8, 4) is 17.1 Å². The van der Waals surface area contributed by atoms with Gasteiger partial charge in [-0.15, -0.1) is 0 Å². The van der Waals surface area contributed by atoms with Gasteiger partial charge in [-0.1, -0.05) is 0 Å². The second-order valence-electron chi connectivity index (χ2n) is 9.27. The van der Waals surface area contributed by atoms with Crippen molar-refractivity contribution in [3.63, 3.8) is 0 Å². The van der Waals surface area contributed by atoms with Crippen LogP contribution in [0.15, 0.2) is 41.6 Å². The van der Waals surface area contributed by atoms with E-state index in [-0.39, 0.29) is 12.1 Å². The van der Waals surface area contributed by atoms with Gasteiger partial charge in [-0.05, 0) is 24.6 Å². The van der Waals surface area contributed by atoms with E-state index in [1.807, 2.05) is 45.1 Å². The maximum Gasteiger partial charge on any atom is 0.341 e. The number of hydrazone groups is 1. The summed E-state index contributed by atoms with van der Waals surface area (Å²) < 4.78 is 35.4. The number of benzene rings is 1. The Morgan fingerprint density at radius 1 is 1.11 bits per heavy atom. The molecule has 1 saturated heterocycles. The fourth-order valence-corrected chi connectivity index (χ4v) is 4.32. The van der Waals surface area contributed by atoms with Crippen LogP contribution in [0.5, 0.6) is 5.75 Å². The molecule has 4 heterocycles. The molecule has 2 amide bonds. The Bertz CT molecular complexity index is 1310. The molecule has 1 aromatic carbocycles. The summed E-state index contributed by atoms with van der Waals surface area (Å²) in [5, 5.41) is 9.93. The van der Waals surface area contributed by atoms with Crippen LogP contribution in [0, 0.1) is 18.6 Å². The first-order valence-corrected chi connectivity index (χ1v) is 11.6. The summed E-state index contributed by atoms with van der Waals surface area (Å²) in [6, 6.07) is 6.26. The third kappa shape index (κ3) is 4.48. The van der Waals surface area contributed by atoms with Crippen molar-refractivity contribution < 1.29 is 18.3 Å². The molecule has 0 aliphatic carbocycles. The van der Waals surface area contributed by atoms with Crippen LogP contribution in [0.2, 0.25) is 0 Å². The van der Waals surface area contributed by atoms with Gasteiger partial charge in [0.1, 0.15) is 23.5 Å². The lowest BCUT2D eigenvalue weighted by molar-refractivity contribution is 0.0273. The third-order valence-corrected chi connectivity index (χ3v) is 6.35. The zero-order valence-electron chi connectivity index (χ0n) is 20.5. The molecule has 0 unspecified atom stereocenters. The largest absolute Gasteiger partial charge is 0.486 e. The lowest BCUT2D eigenvalue weighted by atomic mass is 10.0. The summed E-state index contributed by atoms with van der Waals surface area (Å²) in [5.74, 6) is 0.155. The van der Waals surface area contributed by atoms with E-state index in [1.54, 1.807) is 22.0 Å². The van der Waals surface area contributed by atoms with E-state index in [9.17, 15) is 13.6 Å². The van der Waals surface area contributed by atoms with E-state index >= 15 is 0 Å². The van der Waals surface area contributed by atoms with E-state index in [1.165, 1.54) is 17.1 Å². The van der Waals surface area contributed by atoms with E-state index < -0.39 is 17.7 Å². The Labute approximate surface area is 207 Å². The molecule has 0 saturated carbocycles. The maximum absolute atomic E-state index is 13.7. The van der Waals surface area contributed by atoms with E-state index in [4.69, 9.17) is 4.74 Å². The fraction of sp³-hybridized carbons (Fsp3) is 0.360. The number of hydrogen-bond acceptors (Lipinski definition) is 6. The Balaban J connectivity index is 1.24. The van der Waals surface area contributed by atoms with Gasteiger partial charge in [0.15, 0.2) is 5.82 Å². The SMILES string of the molecule is Cc1cnc(-c2cc(N(C)C)nn2C)cc1OC1CN(C(=O)N2N=CC[C@H]2c2cc(F)cc(F)c2)C1. The number of amides is 2. The molecule has 36 heavy (non-hydrogen) atoms. The smallest absolute Gasteiger partial charge is 0.341 e. The number of carbonyl (C=O) groups is 1. The van der Waals surface area contributed by atoms with Crippen LogP contribution < -0.4 is 9.64 Å². The normalized spacial score (nSPS) is 17.4. The average molecular weight is 496 g/mol. The molecule has 2 aliphatic rings. The Kier molecular flexibility index (Phi) is 6.07. The first-order valence-electron chi connectivity index (χ1n) is 11.6. The molecule has 9 nitrogen and oxygen atoms in total. The molecule has 0 radical (unpaired) electrons. The number of anilines is 1. The number of urea groups is 1. The van der Waals surface area contributed by atoms with Gasteiger partial charge in [-0.3, -0.25) is 9.67 Å². The monoisotopic (exact) mass is 495 g/mol. The number of nitrogens with zero attached hydrogens (tertiary/aromatic N) is 7. The zero-order chi connectivity index (χ0) is 25.6. The quantitative estimate of drug-likeness (QED) is 0.539. The Morgan fingerprint density at radius 3 is 2.50 bits per heavy atom. The highest BCUT2D eigenvalue weighted by Crippen LogP contribution is 2.32. The second-order valence-corrected chi connectivity index (χ2v) is 9.27. The summed E-state index contributed by atoms with van der Waals surface area (Å²) >= 11 is 0. The van der Waals surface area contributed by atoms with Gasteiger partial charge in [0.25, 0.3) is 0 Å². The van der Waals surface area contributed by atoms with Crippen molar-refractivity contribution in [1.29, 1.82) is 0 Å². The highest BCUT2D eigenvalue weighted by molar-refractivity contribution is 5.79. The summed E-state index contributed by atoms with van der Waals surface area (Å²) in [4.78, 5) is 21.1. The highest BCUT2D eigenvalue weighted by atomic mass is 19.1. The molecule has 1 fully saturated rings. The molecule has 0 spiro atoms. The van der Waals surface area contributed by atoms with Gasteiger partial charge in [-0.25, -0.2) is 18.6 Å². The minimum atomic E-state index is -0.683. The zero-order valence-corrected chi connectivity index (χ0v) is 20.5. The molecule has 3 aromatic rings. The fourth-order valence-electron chi connectivity index (χ4n) is 4.32. The summed E-state index contributed by atoms with van der Waals surface area (Å²) in [6.45, 7) is 2.68. The van der Waals surface area contributed by atoms with Crippen LogP contribution >= 0.6 is 0 Å². The molecular formula is C25H27F2N7O2. The number of aryl methyl sites for hydroxylation is 2. The summed E-state index contributed by atoms with van der Waals surface area (Å²) in [7, 11) is 5.73. The number of aromatic nitrogens is 3. The molecule has 11 heteroatoms. The first kappa shape index (κ1) is 23.7. The van der Waals surface area contributed by atoms with Gasteiger partial charge in [-0.2, -0.15) is 10.2 Å². The van der Waals surface area contributed by atoms with Gasteiger partial charge in [0.05, 0.1) is 30.5 Å². The maximum atomic E-state index is 13.7. The summed E-state index contributed by atoms with van der Waals surface area (Å²) in [5.41, 5.74) is 2.86. The van der Waals surface area contributed by atoms with Gasteiger partial charge in [0, 0.05) is 63.7 Å². The van der Waals surface area contributed by atoms with Crippen LogP contribution in [0.4, 0.5) is 19.4 Å². The van der Waals surface area contributed by atoms with Crippen molar-refractivity contribution in [2.45, 2.75) is 25.5 Å². The topological polar surface area (TPSA) is 79.1 Å². The molecule has 1 atom stereocenters. The van der Waals surface area contributed by atoms with E-state index in [2.05, 4.69) is 15.2 Å². The van der Waals surface area contributed by atoms with Crippen molar-refractivity contribution in [3.05, 3.63) is 59.3 Å². The van der Waals surface area contributed by atoms with Crippen molar-refractivity contribution in [2.24, 2.45) is 12.1 Å². The van der Waals surface area contributed by atoms with Crippen LogP contribution in [-0.4, -0.2) is 70.2 Å². The number of carbonyl (C=O) groups excluding carboxylic acids is 1. The molecule has 0 N–H and O–H groups in total. The minimum absolute atomic E-state index is 0.191. The number of rotatable bonds is 5. The van der Waals surface area contributed by atoms with Crippen molar-refractivity contribution in [2.75, 3.05) is 32.1 Å². The predicted molar refractivity (Wildman–Crippen MR) is 131 cm³/mol. The van der Waals surface area contributed by atoms with Gasteiger partial charge < -0.3 is 14.5 Å². The molecular weight excluding hydrogens is 468 g/mol. The van der Waals surface area contributed by atoms with Crippen molar-refractivity contribution in [1.82, 2.24) is 24.7 Å². The molecule has 5 rings (SSSR count). The Hall–Kier alpha value is -4.02. The molecule has 188 valence electrons. The second kappa shape index (κ2) is 9.21. The summed E-state index contributed by atoms with van der Waals surface area (Å²) in [6.07, 6.45) is 3.55. The van der Waals surface area contributed by atoms with Gasteiger partial charge in [0.2, 0.25) is 0 Å². The highest BCUT2D eigenvalue weighted by Gasteiger charge is 2.39. The van der Waals surface area contributed by atoms with E-state index in [0.717, 1.165) is 28.8 Å². The van der Waals surface area contributed by atoms with Crippen molar-refractivity contribution >= 4 is 18.1 Å².